The second kappa shape index (κ2) is 8.73. The molecule has 1 aromatic carbocycles. The number of hydrogen-bond acceptors (Lipinski definition) is 6. The molecule has 1 amide bonds. The maximum absolute atomic E-state index is 13.4. The van der Waals surface area contributed by atoms with Crippen LogP contribution >= 0.6 is 0 Å². The third-order valence-electron chi connectivity index (χ3n) is 4.88. The molecule has 1 aromatic heterocycles. The highest BCUT2D eigenvalue weighted by molar-refractivity contribution is 7.93. The quantitative estimate of drug-likeness (QED) is 0.688. The SMILES string of the molecule is CC1CC(N(C(=O)c2cncnc2Oc2ccccc2)[C@@H](C)/C=C/S(C)(=O)=O)C1. The standard InChI is InChI=1S/C21H25N3O4S/c1-15-11-17(12-15)24(16(2)9-10-29(3,26)27)21(25)19-13-22-14-23-20(19)28-18-7-5-4-6-8-18/h4-10,13-17H,11-12H2,1-3H3/b10-9+/t15?,16-,17?/m0/s1. The van der Waals surface area contributed by atoms with E-state index in [1.54, 1.807) is 17.0 Å². The normalized spacial score (nSPS) is 20.1. The smallest absolute Gasteiger partial charge is 0.261 e. The third kappa shape index (κ3) is 5.41. The summed E-state index contributed by atoms with van der Waals surface area (Å²) in [5.41, 5.74) is 0.246. The number of hydrogen-bond donors (Lipinski definition) is 0. The summed E-state index contributed by atoms with van der Waals surface area (Å²) in [7, 11) is -3.28. The first-order valence-corrected chi connectivity index (χ1v) is 11.4. The van der Waals surface area contributed by atoms with Crippen molar-refractivity contribution in [2.24, 2.45) is 5.92 Å². The van der Waals surface area contributed by atoms with E-state index in [-0.39, 0.29) is 23.4 Å². The summed E-state index contributed by atoms with van der Waals surface area (Å²) in [5.74, 6) is 0.981. The second-order valence-electron chi connectivity index (χ2n) is 7.50. The van der Waals surface area contributed by atoms with Crippen molar-refractivity contribution in [3.05, 3.63) is 59.9 Å². The van der Waals surface area contributed by atoms with Crippen molar-refractivity contribution < 1.29 is 17.9 Å². The average Bonchev–Trinajstić information content (AvgIpc) is 2.66. The lowest BCUT2D eigenvalue weighted by atomic mass is 9.80. The Labute approximate surface area is 171 Å². The van der Waals surface area contributed by atoms with Crippen molar-refractivity contribution >= 4 is 15.7 Å². The molecule has 0 spiro atoms. The summed E-state index contributed by atoms with van der Waals surface area (Å²) in [6.45, 7) is 3.94. The minimum atomic E-state index is -3.28. The van der Waals surface area contributed by atoms with Gasteiger partial charge in [0.15, 0.2) is 9.84 Å². The van der Waals surface area contributed by atoms with Gasteiger partial charge in [0.25, 0.3) is 5.91 Å². The van der Waals surface area contributed by atoms with E-state index in [0.717, 1.165) is 24.5 Å². The van der Waals surface area contributed by atoms with Crippen molar-refractivity contribution in [2.75, 3.05) is 6.26 Å². The lowest BCUT2D eigenvalue weighted by molar-refractivity contribution is 0.0414. The molecule has 1 aliphatic rings. The molecule has 1 fully saturated rings. The number of sulfone groups is 1. The summed E-state index contributed by atoms with van der Waals surface area (Å²) >= 11 is 0. The lowest BCUT2D eigenvalue weighted by Crippen LogP contribution is -2.51. The van der Waals surface area contributed by atoms with Gasteiger partial charge in [-0.05, 0) is 37.8 Å². The Morgan fingerprint density at radius 3 is 2.59 bits per heavy atom. The number of nitrogens with zero attached hydrogens (tertiary/aromatic N) is 3. The van der Waals surface area contributed by atoms with Crippen molar-refractivity contribution in [2.45, 2.75) is 38.8 Å². The summed E-state index contributed by atoms with van der Waals surface area (Å²) in [6.07, 6.45) is 7.17. The third-order valence-corrected chi connectivity index (χ3v) is 5.54. The van der Waals surface area contributed by atoms with Crippen LogP contribution in [0.15, 0.2) is 54.3 Å². The largest absolute Gasteiger partial charge is 0.438 e. The van der Waals surface area contributed by atoms with Gasteiger partial charge in [0, 0.05) is 29.9 Å². The number of carbonyl (C=O) groups excluding carboxylic acids is 1. The van der Waals surface area contributed by atoms with Crippen LogP contribution in [0.25, 0.3) is 0 Å². The molecule has 1 saturated carbocycles. The minimum absolute atomic E-state index is 0.0292. The van der Waals surface area contributed by atoms with E-state index in [1.165, 1.54) is 18.6 Å². The molecule has 1 atom stereocenters. The van der Waals surface area contributed by atoms with E-state index in [1.807, 2.05) is 25.1 Å². The van der Waals surface area contributed by atoms with E-state index < -0.39 is 15.9 Å². The van der Waals surface area contributed by atoms with Crippen LogP contribution in [0.3, 0.4) is 0 Å². The molecule has 7 nitrogen and oxygen atoms in total. The van der Waals surface area contributed by atoms with Crippen molar-refractivity contribution in [3.63, 3.8) is 0 Å². The summed E-state index contributed by atoms with van der Waals surface area (Å²) < 4.78 is 28.9. The molecule has 1 aliphatic carbocycles. The highest BCUT2D eigenvalue weighted by atomic mass is 32.2. The Bertz CT molecular complexity index is 986. The molecule has 29 heavy (non-hydrogen) atoms. The van der Waals surface area contributed by atoms with Gasteiger partial charge in [0.05, 0.1) is 0 Å². The molecule has 0 aliphatic heterocycles. The number of aromatic nitrogens is 2. The molecule has 1 heterocycles. The Hall–Kier alpha value is -2.74. The van der Waals surface area contributed by atoms with Gasteiger partial charge >= 0.3 is 0 Å². The number of amides is 1. The first-order chi connectivity index (χ1) is 13.7. The van der Waals surface area contributed by atoms with Gasteiger partial charge in [-0.3, -0.25) is 4.79 Å². The van der Waals surface area contributed by atoms with E-state index in [4.69, 9.17) is 4.74 Å². The molecule has 0 unspecified atom stereocenters. The van der Waals surface area contributed by atoms with Crippen LogP contribution in [0.1, 0.15) is 37.0 Å². The molecule has 0 radical (unpaired) electrons. The van der Waals surface area contributed by atoms with Gasteiger partial charge < -0.3 is 9.64 Å². The fourth-order valence-electron chi connectivity index (χ4n) is 3.41. The zero-order chi connectivity index (χ0) is 21.0. The van der Waals surface area contributed by atoms with Gasteiger partial charge in [0.2, 0.25) is 5.88 Å². The predicted octanol–water partition coefficient (Wildman–Crippen LogP) is 3.46. The highest BCUT2D eigenvalue weighted by Gasteiger charge is 2.37. The number of carbonyl (C=O) groups is 1. The first-order valence-electron chi connectivity index (χ1n) is 9.48. The summed E-state index contributed by atoms with van der Waals surface area (Å²) in [6, 6.07) is 8.71. The zero-order valence-electron chi connectivity index (χ0n) is 16.7. The summed E-state index contributed by atoms with van der Waals surface area (Å²) in [5, 5.41) is 1.14. The first kappa shape index (κ1) is 21.0. The molecule has 2 aromatic rings. The fraction of sp³-hybridized carbons (Fsp3) is 0.381. The van der Waals surface area contributed by atoms with Crippen LogP contribution in [-0.4, -0.2) is 47.5 Å². The number of benzene rings is 1. The van der Waals surface area contributed by atoms with Crippen LogP contribution in [0.5, 0.6) is 11.6 Å². The van der Waals surface area contributed by atoms with Crippen LogP contribution in [-0.2, 0) is 9.84 Å². The van der Waals surface area contributed by atoms with Gasteiger partial charge in [-0.25, -0.2) is 18.4 Å². The topological polar surface area (TPSA) is 89.5 Å². The zero-order valence-corrected chi connectivity index (χ0v) is 17.5. The van der Waals surface area contributed by atoms with E-state index >= 15 is 0 Å². The Morgan fingerprint density at radius 1 is 1.28 bits per heavy atom. The number of rotatable bonds is 7. The Morgan fingerprint density at radius 2 is 1.97 bits per heavy atom. The van der Waals surface area contributed by atoms with Crippen molar-refractivity contribution in [3.8, 4) is 11.6 Å². The molecule has 0 saturated heterocycles. The molecule has 0 bridgehead atoms. The van der Waals surface area contributed by atoms with Crippen molar-refractivity contribution in [1.29, 1.82) is 0 Å². The molecule has 154 valence electrons. The number of ether oxygens (including phenoxy) is 1. The predicted molar refractivity (Wildman–Crippen MR) is 110 cm³/mol. The van der Waals surface area contributed by atoms with E-state index in [9.17, 15) is 13.2 Å². The average molecular weight is 416 g/mol. The Balaban J connectivity index is 1.91. The Kier molecular flexibility index (Phi) is 6.32. The molecular formula is C21H25N3O4S. The van der Waals surface area contributed by atoms with Crippen LogP contribution in [0.4, 0.5) is 0 Å². The lowest BCUT2D eigenvalue weighted by Gasteiger charge is -2.44. The van der Waals surface area contributed by atoms with E-state index in [0.29, 0.717) is 11.7 Å². The molecule has 8 heteroatoms. The van der Waals surface area contributed by atoms with Gasteiger partial charge in [-0.2, -0.15) is 0 Å². The minimum Gasteiger partial charge on any atom is -0.438 e. The summed E-state index contributed by atoms with van der Waals surface area (Å²) in [4.78, 5) is 23.3. The molecule has 0 N–H and O–H groups in total. The second-order valence-corrected chi connectivity index (χ2v) is 9.43. The van der Waals surface area contributed by atoms with Gasteiger partial charge in [-0.1, -0.05) is 31.2 Å². The maximum atomic E-state index is 13.4. The molecule has 3 rings (SSSR count). The van der Waals surface area contributed by atoms with Crippen LogP contribution in [0.2, 0.25) is 0 Å². The van der Waals surface area contributed by atoms with Gasteiger partial charge in [-0.15, -0.1) is 0 Å². The van der Waals surface area contributed by atoms with Crippen LogP contribution in [0, 0.1) is 5.92 Å². The van der Waals surface area contributed by atoms with Crippen LogP contribution < -0.4 is 4.74 Å². The fourth-order valence-corrected chi connectivity index (χ4v) is 3.92. The highest BCUT2D eigenvalue weighted by Crippen LogP contribution is 2.34. The molecular weight excluding hydrogens is 390 g/mol. The van der Waals surface area contributed by atoms with Crippen molar-refractivity contribution in [1.82, 2.24) is 14.9 Å². The monoisotopic (exact) mass is 415 g/mol. The van der Waals surface area contributed by atoms with E-state index in [2.05, 4.69) is 16.9 Å². The number of para-hydroxylation sites is 1. The van der Waals surface area contributed by atoms with Gasteiger partial charge in [0.1, 0.15) is 17.6 Å². The maximum Gasteiger partial charge on any atom is 0.261 e.